The van der Waals surface area contributed by atoms with Gasteiger partial charge in [0.2, 0.25) is 0 Å². The molecule has 0 radical (unpaired) electrons. The number of ether oxygens (including phenoxy) is 1. The first-order valence-electron chi connectivity index (χ1n) is 22.4. The van der Waals surface area contributed by atoms with E-state index in [1.165, 1.54) is 0 Å². The lowest BCUT2D eigenvalue weighted by Gasteiger charge is -2.20. The molecule has 5 nitrogen and oxygen atoms in total. The Morgan fingerprint density at radius 2 is 1.19 bits per heavy atom. The third kappa shape index (κ3) is 6.33. The monoisotopic (exact) mass is 708 g/mol. The Labute approximate surface area is 329 Å². The summed E-state index contributed by atoms with van der Waals surface area (Å²) in [5.74, 6) is 1.97. The molecule has 0 aliphatic carbocycles. The van der Waals surface area contributed by atoms with Crippen LogP contribution in [0, 0.1) is 13.8 Å². The van der Waals surface area contributed by atoms with Crippen LogP contribution in [-0.2, 0) is 0 Å². The van der Waals surface area contributed by atoms with Crippen LogP contribution in [0.4, 0.5) is 22.7 Å². The summed E-state index contributed by atoms with van der Waals surface area (Å²) < 4.78 is 94.1. The van der Waals surface area contributed by atoms with E-state index in [9.17, 15) is 0 Å². The maximum atomic E-state index is 8.84. The van der Waals surface area contributed by atoms with Gasteiger partial charge in [0, 0.05) is 45.9 Å². The van der Waals surface area contributed by atoms with Crippen molar-refractivity contribution in [2.24, 2.45) is 0 Å². The van der Waals surface area contributed by atoms with Gasteiger partial charge in [-0.05, 0) is 84.6 Å². The minimum absolute atomic E-state index is 0.123. The number of hydrogen-bond acceptors (Lipinski definition) is 4. The van der Waals surface area contributed by atoms with E-state index < -0.39 is 60.4 Å². The number of benzene rings is 7. The molecule has 0 amide bonds. The van der Waals surface area contributed by atoms with E-state index in [2.05, 4.69) is 46.4 Å². The highest BCUT2D eigenvalue weighted by Crippen LogP contribution is 2.41. The minimum Gasteiger partial charge on any atom is -0.457 e. The molecule has 0 aliphatic rings. The van der Waals surface area contributed by atoms with E-state index in [1.54, 1.807) is 30.3 Å². The van der Waals surface area contributed by atoms with Crippen LogP contribution < -0.4 is 15.4 Å². The number of anilines is 4. The summed E-state index contributed by atoms with van der Waals surface area (Å²) in [6, 6.07) is 30.5. The lowest BCUT2D eigenvalue weighted by molar-refractivity contribution is 0.483. The van der Waals surface area contributed by atoms with Crippen LogP contribution in [0.1, 0.15) is 24.8 Å². The van der Waals surface area contributed by atoms with Gasteiger partial charge in [0.25, 0.3) is 0 Å². The average Bonchev–Trinajstić information content (AvgIpc) is 3.62. The third-order valence-electron chi connectivity index (χ3n) is 9.37. The highest BCUT2D eigenvalue weighted by atomic mass is 16.5. The first-order chi connectivity index (χ1) is 30.7. The summed E-state index contributed by atoms with van der Waals surface area (Å²) in [5, 5.41) is 8.98. The van der Waals surface area contributed by atoms with Gasteiger partial charge < -0.3 is 15.4 Å². The number of hydrogen-bond donors (Lipinski definition) is 2. The fourth-order valence-corrected chi connectivity index (χ4v) is 6.63. The number of rotatable bonds is 9. The van der Waals surface area contributed by atoms with E-state index in [0.29, 0.717) is 28.6 Å². The topological polar surface area (TPSA) is 51.1 Å². The molecular weight excluding hydrogens is 661 g/mol. The van der Waals surface area contributed by atoms with Gasteiger partial charge in [0.15, 0.2) is 0 Å². The predicted octanol–water partition coefficient (Wildman–Crippen LogP) is 13.4. The van der Waals surface area contributed by atoms with E-state index in [1.807, 2.05) is 73.8 Å². The molecule has 0 aliphatic heterocycles. The van der Waals surface area contributed by atoms with E-state index >= 15 is 0 Å². The van der Waals surface area contributed by atoms with E-state index in [4.69, 9.17) is 23.4 Å². The molecule has 54 heavy (non-hydrogen) atoms. The highest BCUT2D eigenvalue weighted by Gasteiger charge is 2.16. The zero-order valence-electron chi connectivity index (χ0n) is 39.3. The largest absolute Gasteiger partial charge is 0.457 e. The Morgan fingerprint density at radius 3 is 1.91 bits per heavy atom. The number of para-hydroxylation sites is 4. The van der Waals surface area contributed by atoms with Crippen molar-refractivity contribution in [3.63, 3.8) is 0 Å². The van der Waals surface area contributed by atoms with Crippen LogP contribution in [0.2, 0.25) is 0 Å². The summed E-state index contributed by atoms with van der Waals surface area (Å²) in [6.45, 7) is 4.11. The lowest BCUT2D eigenvalue weighted by atomic mass is 9.95. The number of nitrogens with one attached hydrogen (secondary N) is 2. The molecule has 0 saturated carbocycles. The van der Waals surface area contributed by atoms with Gasteiger partial charge in [-0.3, -0.25) is 4.57 Å². The summed E-state index contributed by atoms with van der Waals surface area (Å²) in [4.78, 5) is 4.79. The number of pyridine rings is 1. The molecule has 0 spiro atoms. The average molecular weight is 709 g/mol. The van der Waals surface area contributed by atoms with Gasteiger partial charge in [-0.2, -0.15) is 0 Å². The lowest BCUT2D eigenvalue weighted by Crippen LogP contribution is -2.01. The van der Waals surface area contributed by atoms with E-state index in [-0.39, 0.29) is 27.9 Å². The van der Waals surface area contributed by atoms with Crippen molar-refractivity contribution in [3.8, 4) is 39.6 Å². The van der Waals surface area contributed by atoms with Crippen molar-refractivity contribution in [1.82, 2.24) is 9.55 Å². The number of aromatic nitrogens is 2. The predicted molar refractivity (Wildman–Crippen MR) is 225 cm³/mol. The molecule has 2 N–H and O–H groups in total. The van der Waals surface area contributed by atoms with Crippen molar-refractivity contribution >= 4 is 44.6 Å². The normalized spacial score (nSPS) is 13.7. The molecule has 7 aromatic carbocycles. The Balaban J connectivity index is 1.10. The molecule has 9 aromatic rings. The molecule has 0 bridgehead atoms. The van der Waals surface area contributed by atoms with Gasteiger partial charge in [-0.25, -0.2) is 4.98 Å². The molecular formula is C49H38N4O. The van der Waals surface area contributed by atoms with Crippen LogP contribution in [-0.4, -0.2) is 9.55 Å². The number of nitrogens with zero attached hydrogens (tertiary/aromatic N) is 2. The molecule has 2 aromatic heterocycles. The van der Waals surface area contributed by atoms with Gasteiger partial charge >= 0.3 is 0 Å². The van der Waals surface area contributed by atoms with Crippen LogP contribution in [0.3, 0.4) is 0 Å². The van der Waals surface area contributed by atoms with E-state index in [0.717, 1.165) is 38.8 Å². The standard InChI is InChI=1S/C49H38N4O/c1-33-29-48(50-32-34(33)2)53-46-26-12-9-21-42(46)43-28-27-39(31-47(43)53)54-38-20-13-19-37(30-38)51-44-24-10-11-25-45(44)52-49-40(35-15-5-3-6-16-35)22-14-23-41(49)36-17-7-4-8-18-36/h3-32,51-52H,1-2H3/i3D,4D,5D,6D,7D,8D,15D,16D,17D,18D. The van der Waals surface area contributed by atoms with Crippen LogP contribution in [0.15, 0.2) is 182 Å². The molecule has 9 rings (SSSR count). The first-order valence-corrected chi connectivity index (χ1v) is 17.4. The van der Waals surface area contributed by atoms with Gasteiger partial charge in [0.05, 0.1) is 41.8 Å². The highest BCUT2D eigenvalue weighted by molar-refractivity contribution is 6.09. The summed E-state index contributed by atoms with van der Waals surface area (Å²) in [6.07, 6.45) is 1.89. The molecule has 5 heteroatoms. The molecule has 260 valence electrons. The second kappa shape index (κ2) is 14.1. The Kier molecular flexibility index (Phi) is 6.14. The summed E-state index contributed by atoms with van der Waals surface area (Å²) in [7, 11) is 0. The smallest absolute Gasteiger partial charge is 0.137 e. The fourth-order valence-electron chi connectivity index (χ4n) is 6.63. The zero-order chi connectivity index (χ0) is 45.1. The molecule has 0 atom stereocenters. The van der Waals surface area contributed by atoms with Crippen molar-refractivity contribution in [2.75, 3.05) is 10.6 Å². The van der Waals surface area contributed by atoms with Crippen molar-refractivity contribution in [3.05, 3.63) is 193 Å². The minimum atomic E-state index is -0.561. The van der Waals surface area contributed by atoms with Crippen LogP contribution in [0.5, 0.6) is 11.5 Å². The van der Waals surface area contributed by atoms with Crippen molar-refractivity contribution < 1.29 is 18.4 Å². The second-order valence-electron chi connectivity index (χ2n) is 12.8. The maximum absolute atomic E-state index is 8.84. The maximum Gasteiger partial charge on any atom is 0.137 e. The second-order valence-corrected chi connectivity index (χ2v) is 12.8. The Bertz CT molecular complexity index is 3220. The Hall–Kier alpha value is -7.11. The Morgan fingerprint density at radius 1 is 0.556 bits per heavy atom. The zero-order valence-corrected chi connectivity index (χ0v) is 29.3. The van der Waals surface area contributed by atoms with Gasteiger partial charge in [-0.1, -0.05) is 115 Å². The first kappa shape index (κ1) is 23.5. The van der Waals surface area contributed by atoms with Crippen molar-refractivity contribution in [1.29, 1.82) is 0 Å². The third-order valence-corrected chi connectivity index (χ3v) is 9.37. The quantitative estimate of drug-likeness (QED) is 0.157. The molecule has 0 fully saturated rings. The molecule has 2 heterocycles. The van der Waals surface area contributed by atoms with Gasteiger partial charge in [0.1, 0.15) is 17.3 Å². The fraction of sp³-hybridized carbons (Fsp3) is 0.0408. The van der Waals surface area contributed by atoms with Crippen LogP contribution in [0.25, 0.3) is 49.9 Å². The van der Waals surface area contributed by atoms with Crippen LogP contribution >= 0.6 is 0 Å². The van der Waals surface area contributed by atoms with Gasteiger partial charge in [-0.15, -0.1) is 0 Å². The SMILES string of the molecule is [2H]c1c([2H])c([2H])c(-c2cccc(-c3c([2H])c([2H])c([2H])c([2H])c3[2H])c2Nc2ccccc2Nc2cccc(Oc3ccc4c5ccccc5n(-c5cc(C)c(C)cn5)c4c3)c2)c([2H])c1[2H]. The number of aryl methyl sites for hydroxylation is 2. The summed E-state index contributed by atoms with van der Waals surface area (Å²) in [5.41, 5.74) is 6.15. The summed E-state index contributed by atoms with van der Waals surface area (Å²) >= 11 is 0. The molecule has 0 saturated heterocycles. The molecule has 0 unspecified atom stereocenters. The number of fused-ring (bicyclic) bond motifs is 3. The van der Waals surface area contributed by atoms with Crippen molar-refractivity contribution in [2.45, 2.75) is 13.8 Å².